The van der Waals surface area contributed by atoms with Crippen LogP contribution in [0.5, 0.6) is 0 Å². The predicted octanol–water partition coefficient (Wildman–Crippen LogP) is 2.62. The monoisotopic (exact) mass is 289 g/mol. The molecular weight excluding hydrogens is 270 g/mol. The zero-order chi connectivity index (χ0) is 14.5. The van der Waals surface area contributed by atoms with E-state index in [1.54, 1.807) is 0 Å². The zero-order valence-corrected chi connectivity index (χ0v) is 12.9. The van der Waals surface area contributed by atoms with Crippen LogP contribution in [0.3, 0.4) is 0 Å². The number of benzene rings is 1. The third-order valence-corrected chi connectivity index (χ3v) is 4.10. The van der Waals surface area contributed by atoms with E-state index in [0.29, 0.717) is 4.88 Å². The molecule has 0 aliphatic heterocycles. The Morgan fingerprint density at radius 3 is 2.45 bits per heavy atom. The topological polar surface area (TPSA) is 36.4 Å². The molecule has 0 saturated heterocycles. The average molecular weight is 289 g/mol. The molecule has 0 radical (unpaired) electrons. The van der Waals surface area contributed by atoms with Gasteiger partial charge in [0.1, 0.15) is 0 Å². The molecule has 106 valence electrons. The van der Waals surface area contributed by atoms with Gasteiger partial charge in [0.15, 0.2) is 11.4 Å². The van der Waals surface area contributed by atoms with Crippen molar-refractivity contribution in [3.05, 3.63) is 35.2 Å². The molecule has 1 aromatic heterocycles. The molecule has 1 heterocycles. The molecule has 0 aliphatic carbocycles. The Labute approximate surface area is 123 Å². The Balaban J connectivity index is 2.25. The normalized spacial score (nSPS) is 10.8. The molecule has 0 spiro atoms. The number of likely N-dealkylation sites (N-methyl/N-ethyl adjacent to an activating group) is 2. The first-order chi connectivity index (χ1) is 9.61. The zero-order valence-electron chi connectivity index (χ0n) is 12.0. The number of hydrogen-bond acceptors (Lipinski definition) is 5. The highest BCUT2D eigenvalue weighted by Crippen LogP contribution is 2.31. The molecule has 0 amide bonds. The number of anilines is 1. The van der Waals surface area contributed by atoms with Crippen molar-refractivity contribution in [3.63, 3.8) is 0 Å². The van der Waals surface area contributed by atoms with Crippen LogP contribution in [-0.2, 0) is 0 Å². The molecule has 2 aromatic rings. The number of aldehydes is 1. The second-order valence-electron chi connectivity index (χ2n) is 4.92. The molecule has 4 nitrogen and oxygen atoms in total. The summed E-state index contributed by atoms with van der Waals surface area (Å²) >= 11 is 1.44. The van der Waals surface area contributed by atoms with Crippen LogP contribution in [0.25, 0.3) is 11.3 Å². The van der Waals surface area contributed by atoms with Crippen molar-refractivity contribution in [2.24, 2.45) is 0 Å². The fourth-order valence-corrected chi connectivity index (χ4v) is 2.70. The molecule has 0 saturated carbocycles. The lowest BCUT2D eigenvalue weighted by Gasteiger charge is -2.18. The minimum absolute atomic E-state index is 0.683. The van der Waals surface area contributed by atoms with Gasteiger partial charge in [0.2, 0.25) is 0 Å². The van der Waals surface area contributed by atoms with Gasteiger partial charge in [0.25, 0.3) is 0 Å². The Bertz CT molecular complexity index is 566. The summed E-state index contributed by atoms with van der Waals surface area (Å²) in [5.41, 5.74) is 1.76. The van der Waals surface area contributed by atoms with Crippen molar-refractivity contribution in [3.8, 4) is 11.3 Å². The minimum atomic E-state index is 0.683. The van der Waals surface area contributed by atoms with Gasteiger partial charge in [0.05, 0.1) is 10.6 Å². The minimum Gasteiger partial charge on any atom is -0.350 e. The van der Waals surface area contributed by atoms with Crippen LogP contribution >= 0.6 is 11.3 Å². The number of carbonyl (C=O) groups excluding carboxylic acids is 1. The smallest absolute Gasteiger partial charge is 0.186 e. The maximum atomic E-state index is 11.2. The first-order valence-corrected chi connectivity index (χ1v) is 7.30. The summed E-state index contributed by atoms with van der Waals surface area (Å²) in [6, 6.07) is 9.83. The van der Waals surface area contributed by atoms with Crippen LogP contribution in [0, 0.1) is 0 Å². The standard InChI is InChI=1S/C15H19N3OS/c1-17(2)9-10-18(3)15-16-14(13(11-19)20-15)12-7-5-4-6-8-12/h4-8,11H,9-10H2,1-3H3. The molecule has 0 aliphatic rings. The molecule has 2 rings (SSSR count). The van der Waals surface area contributed by atoms with E-state index >= 15 is 0 Å². The van der Waals surface area contributed by atoms with Crippen molar-refractivity contribution < 1.29 is 4.79 Å². The van der Waals surface area contributed by atoms with Crippen LogP contribution in [0.1, 0.15) is 9.67 Å². The van der Waals surface area contributed by atoms with Crippen LogP contribution in [-0.4, -0.2) is 50.4 Å². The van der Waals surface area contributed by atoms with Crippen LogP contribution in [0.15, 0.2) is 30.3 Å². The second kappa shape index (κ2) is 6.63. The molecular formula is C15H19N3OS. The highest BCUT2D eigenvalue weighted by atomic mass is 32.1. The summed E-state index contributed by atoms with van der Waals surface area (Å²) in [6.45, 7) is 1.83. The second-order valence-corrected chi connectivity index (χ2v) is 5.93. The molecule has 1 aromatic carbocycles. The summed E-state index contributed by atoms with van der Waals surface area (Å²) in [7, 11) is 6.09. The van der Waals surface area contributed by atoms with E-state index < -0.39 is 0 Å². The summed E-state index contributed by atoms with van der Waals surface area (Å²) in [5, 5.41) is 0.882. The Morgan fingerprint density at radius 1 is 1.15 bits per heavy atom. The lowest BCUT2D eigenvalue weighted by atomic mass is 10.1. The first-order valence-electron chi connectivity index (χ1n) is 6.49. The van der Waals surface area contributed by atoms with Crippen molar-refractivity contribution in [1.29, 1.82) is 0 Å². The fourth-order valence-electron chi connectivity index (χ4n) is 1.81. The van der Waals surface area contributed by atoms with Gasteiger partial charge < -0.3 is 9.80 Å². The van der Waals surface area contributed by atoms with Crippen molar-refractivity contribution in [2.75, 3.05) is 39.1 Å². The van der Waals surface area contributed by atoms with Crippen molar-refractivity contribution in [2.45, 2.75) is 0 Å². The molecule has 0 bridgehead atoms. The Kier molecular flexibility index (Phi) is 4.87. The van der Waals surface area contributed by atoms with E-state index in [2.05, 4.69) is 14.8 Å². The van der Waals surface area contributed by atoms with Crippen LogP contribution in [0.4, 0.5) is 5.13 Å². The molecule has 5 heteroatoms. The SMILES string of the molecule is CN(C)CCN(C)c1nc(-c2ccccc2)c(C=O)s1. The highest BCUT2D eigenvalue weighted by molar-refractivity contribution is 7.17. The number of aromatic nitrogens is 1. The number of rotatable bonds is 6. The van der Waals surface area contributed by atoms with Gasteiger partial charge in [-0.05, 0) is 14.1 Å². The van der Waals surface area contributed by atoms with E-state index in [-0.39, 0.29) is 0 Å². The lowest BCUT2D eigenvalue weighted by Crippen LogP contribution is -2.28. The molecule has 0 fully saturated rings. The number of thiazole rings is 1. The quantitative estimate of drug-likeness (QED) is 0.766. The average Bonchev–Trinajstić information content (AvgIpc) is 2.90. The molecule has 20 heavy (non-hydrogen) atoms. The molecule has 0 N–H and O–H groups in total. The Hall–Kier alpha value is -1.72. The van der Waals surface area contributed by atoms with Gasteiger partial charge >= 0.3 is 0 Å². The van der Waals surface area contributed by atoms with Gasteiger partial charge in [-0.2, -0.15) is 0 Å². The third kappa shape index (κ3) is 3.43. The lowest BCUT2D eigenvalue weighted by molar-refractivity contribution is 0.112. The van der Waals surface area contributed by atoms with E-state index in [0.717, 1.165) is 35.8 Å². The molecule has 0 unspecified atom stereocenters. The van der Waals surface area contributed by atoms with Gasteiger partial charge in [0, 0.05) is 25.7 Å². The highest BCUT2D eigenvalue weighted by Gasteiger charge is 2.14. The van der Waals surface area contributed by atoms with Gasteiger partial charge in [-0.25, -0.2) is 4.98 Å². The summed E-state index contributed by atoms with van der Waals surface area (Å²) < 4.78 is 0. The Morgan fingerprint density at radius 2 is 1.85 bits per heavy atom. The summed E-state index contributed by atoms with van der Waals surface area (Å²) in [5.74, 6) is 0. The van der Waals surface area contributed by atoms with Crippen LogP contribution in [0.2, 0.25) is 0 Å². The maximum Gasteiger partial charge on any atom is 0.186 e. The maximum absolute atomic E-state index is 11.2. The largest absolute Gasteiger partial charge is 0.350 e. The van der Waals surface area contributed by atoms with E-state index in [4.69, 9.17) is 0 Å². The van der Waals surface area contributed by atoms with Gasteiger partial charge in [-0.1, -0.05) is 41.7 Å². The third-order valence-electron chi connectivity index (χ3n) is 3.01. The number of hydrogen-bond donors (Lipinski definition) is 0. The van der Waals surface area contributed by atoms with Gasteiger partial charge in [-0.15, -0.1) is 0 Å². The first kappa shape index (κ1) is 14.7. The van der Waals surface area contributed by atoms with E-state index in [1.165, 1.54) is 11.3 Å². The summed E-state index contributed by atoms with van der Waals surface area (Å²) in [6.07, 6.45) is 0.892. The summed E-state index contributed by atoms with van der Waals surface area (Å²) in [4.78, 5) is 20.8. The number of carbonyl (C=O) groups is 1. The van der Waals surface area contributed by atoms with E-state index in [1.807, 2.05) is 51.5 Å². The predicted molar refractivity (Wildman–Crippen MR) is 84.8 cm³/mol. The van der Waals surface area contributed by atoms with Gasteiger partial charge in [-0.3, -0.25) is 4.79 Å². The van der Waals surface area contributed by atoms with Crippen molar-refractivity contribution >= 4 is 22.8 Å². The molecule has 0 atom stereocenters. The van der Waals surface area contributed by atoms with E-state index in [9.17, 15) is 4.79 Å². The van der Waals surface area contributed by atoms with Crippen LogP contribution < -0.4 is 4.90 Å². The van der Waals surface area contributed by atoms with Crippen molar-refractivity contribution in [1.82, 2.24) is 9.88 Å². The fraction of sp³-hybridized carbons (Fsp3) is 0.333. The number of nitrogens with zero attached hydrogens (tertiary/aromatic N) is 3.